The van der Waals surface area contributed by atoms with E-state index in [9.17, 15) is 19.7 Å². The number of aromatic nitrogens is 1. The lowest BCUT2D eigenvalue weighted by atomic mass is 9.70. The summed E-state index contributed by atoms with van der Waals surface area (Å²) in [5.41, 5.74) is 0.902. The predicted molar refractivity (Wildman–Crippen MR) is 122 cm³/mol. The zero-order valence-electron chi connectivity index (χ0n) is 17.6. The third kappa shape index (κ3) is 3.13. The number of rotatable bonds is 4. The van der Waals surface area contributed by atoms with E-state index in [-0.39, 0.29) is 17.4 Å². The van der Waals surface area contributed by atoms with Gasteiger partial charge in [0.2, 0.25) is 5.91 Å². The number of fused-ring (bicyclic) bond motifs is 2. The van der Waals surface area contributed by atoms with Crippen LogP contribution < -0.4 is 5.32 Å². The van der Waals surface area contributed by atoms with Crippen molar-refractivity contribution in [3.63, 3.8) is 0 Å². The van der Waals surface area contributed by atoms with E-state index in [2.05, 4.69) is 10.3 Å². The molecule has 1 aromatic heterocycles. The number of nitro benzene ring substituents is 1. The summed E-state index contributed by atoms with van der Waals surface area (Å²) in [5.74, 6) is -1.86. The lowest BCUT2D eigenvalue weighted by molar-refractivity contribution is -0.384. The minimum atomic E-state index is -1.31. The van der Waals surface area contributed by atoms with Gasteiger partial charge in [0.25, 0.3) is 5.69 Å². The number of amides is 1. The molecule has 0 saturated carbocycles. The van der Waals surface area contributed by atoms with Crippen LogP contribution in [0.5, 0.6) is 0 Å². The number of nitro groups is 1. The lowest BCUT2D eigenvalue weighted by Crippen LogP contribution is -2.51. The Morgan fingerprint density at radius 2 is 1.97 bits per heavy atom. The molecule has 0 bridgehead atoms. The molecule has 0 radical (unpaired) electrons. The minimum absolute atomic E-state index is 0.0643. The summed E-state index contributed by atoms with van der Waals surface area (Å²) in [6, 6.07) is 14.6. The fourth-order valence-electron chi connectivity index (χ4n) is 5.28. The summed E-state index contributed by atoms with van der Waals surface area (Å²) in [5, 5.41) is 14.8. The van der Waals surface area contributed by atoms with E-state index in [0.717, 1.165) is 0 Å². The Morgan fingerprint density at radius 3 is 2.70 bits per heavy atom. The lowest BCUT2D eigenvalue weighted by Gasteiger charge is -2.35. The van der Waals surface area contributed by atoms with Crippen molar-refractivity contribution in [1.82, 2.24) is 9.88 Å². The molecule has 5 rings (SSSR count). The van der Waals surface area contributed by atoms with Gasteiger partial charge in [-0.3, -0.25) is 29.6 Å². The van der Waals surface area contributed by atoms with Crippen molar-refractivity contribution in [2.24, 2.45) is 5.92 Å². The van der Waals surface area contributed by atoms with Crippen LogP contribution in [0.1, 0.15) is 27.4 Å². The second-order valence-electron chi connectivity index (χ2n) is 8.33. The second kappa shape index (κ2) is 7.75. The van der Waals surface area contributed by atoms with Gasteiger partial charge in [-0.25, -0.2) is 0 Å². The molecule has 2 aromatic carbocycles. The first-order valence-corrected chi connectivity index (χ1v) is 10.7. The molecular formula is C24H19ClN4O4. The van der Waals surface area contributed by atoms with Gasteiger partial charge in [-0.1, -0.05) is 23.7 Å². The van der Waals surface area contributed by atoms with Gasteiger partial charge in [-0.15, -0.1) is 0 Å². The van der Waals surface area contributed by atoms with Gasteiger partial charge < -0.3 is 5.32 Å². The van der Waals surface area contributed by atoms with Crippen molar-refractivity contribution in [2.75, 3.05) is 18.9 Å². The third-order valence-corrected chi connectivity index (χ3v) is 6.90. The number of ketones is 1. The van der Waals surface area contributed by atoms with Gasteiger partial charge in [0.15, 0.2) is 5.78 Å². The van der Waals surface area contributed by atoms with Gasteiger partial charge in [0.1, 0.15) is 5.54 Å². The number of pyridine rings is 1. The van der Waals surface area contributed by atoms with E-state index in [1.165, 1.54) is 24.5 Å². The summed E-state index contributed by atoms with van der Waals surface area (Å²) in [6.07, 6.45) is 3.06. The number of nitrogens with zero attached hydrogens (tertiary/aromatic N) is 3. The number of likely N-dealkylation sites (tertiary alicyclic amines) is 1. The van der Waals surface area contributed by atoms with E-state index >= 15 is 0 Å². The van der Waals surface area contributed by atoms with Crippen molar-refractivity contribution < 1.29 is 14.5 Å². The molecule has 2 aliphatic rings. The number of likely N-dealkylation sites (N-methyl/N-ethyl adjacent to an activating group) is 1. The number of carbonyl (C=O) groups is 2. The van der Waals surface area contributed by atoms with Crippen LogP contribution in [-0.4, -0.2) is 40.1 Å². The maximum atomic E-state index is 14.0. The largest absolute Gasteiger partial charge is 0.324 e. The van der Waals surface area contributed by atoms with E-state index in [1.807, 2.05) is 4.90 Å². The average Bonchev–Trinajstić information content (AvgIpc) is 3.29. The van der Waals surface area contributed by atoms with Crippen molar-refractivity contribution in [1.29, 1.82) is 0 Å². The quantitative estimate of drug-likeness (QED) is 0.356. The molecule has 3 atom stereocenters. The Balaban J connectivity index is 1.74. The SMILES string of the molecule is CN1C[C@H](c2cccc([N+](=O)[O-])c2)[C@H](C(=O)c2ccncc2)[C@@]12C(=O)Nc1ccc(Cl)cc12. The van der Waals surface area contributed by atoms with E-state index in [4.69, 9.17) is 11.6 Å². The molecule has 3 aromatic rings. The zero-order chi connectivity index (χ0) is 23.3. The predicted octanol–water partition coefficient (Wildman–Crippen LogP) is 4.02. The minimum Gasteiger partial charge on any atom is -0.324 e. The molecule has 1 amide bonds. The monoisotopic (exact) mass is 462 g/mol. The maximum absolute atomic E-state index is 14.0. The highest BCUT2D eigenvalue weighted by atomic mass is 35.5. The highest BCUT2D eigenvalue weighted by Gasteiger charge is 2.64. The Labute approximate surface area is 194 Å². The first-order valence-electron chi connectivity index (χ1n) is 10.4. The van der Waals surface area contributed by atoms with Gasteiger partial charge in [-0.05, 0) is 42.9 Å². The molecule has 33 heavy (non-hydrogen) atoms. The zero-order valence-corrected chi connectivity index (χ0v) is 18.3. The number of hydrogen-bond donors (Lipinski definition) is 1. The van der Waals surface area contributed by atoms with Crippen LogP contribution in [0.15, 0.2) is 67.0 Å². The standard InChI is InChI=1S/C24H19ClN4O4/c1-28-13-18(15-3-2-4-17(11-15)29(32)33)21(22(30)14-7-9-26-10-8-14)24(28)19-12-16(25)5-6-20(19)27-23(24)31/h2-12,18,21H,13H2,1H3,(H,27,31)/t18-,21-,24+/m1/s1. The maximum Gasteiger partial charge on any atom is 0.269 e. The first kappa shape index (κ1) is 21.2. The van der Waals surface area contributed by atoms with Crippen molar-refractivity contribution in [3.8, 4) is 0 Å². The summed E-state index contributed by atoms with van der Waals surface area (Å²) < 4.78 is 0. The average molecular weight is 463 g/mol. The van der Waals surface area contributed by atoms with Gasteiger partial charge in [-0.2, -0.15) is 0 Å². The normalized spacial score (nSPS) is 24.0. The molecule has 0 aliphatic carbocycles. The van der Waals surface area contributed by atoms with Crippen LogP contribution >= 0.6 is 11.6 Å². The number of carbonyl (C=O) groups excluding carboxylic acids is 2. The Hall–Kier alpha value is -3.62. The number of nitrogens with one attached hydrogen (secondary N) is 1. The number of hydrogen-bond acceptors (Lipinski definition) is 6. The van der Waals surface area contributed by atoms with Crippen molar-refractivity contribution in [3.05, 3.63) is 98.8 Å². The van der Waals surface area contributed by atoms with Gasteiger partial charge in [0, 0.05) is 58.8 Å². The van der Waals surface area contributed by atoms with Crippen LogP contribution in [0.3, 0.4) is 0 Å². The Bertz CT molecular complexity index is 1300. The van der Waals surface area contributed by atoms with Crippen LogP contribution in [0.2, 0.25) is 5.02 Å². The van der Waals surface area contributed by atoms with Crippen LogP contribution in [0.25, 0.3) is 0 Å². The molecule has 8 nitrogen and oxygen atoms in total. The molecular weight excluding hydrogens is 444 g/mol. The van der Waals surface area contributed by atoms with Crippen molar-refractivity contribution in [2.45, 2.75) is 11.5 Å². The molecule has 1 fully saturated rings. The molecule has 2 aliphatic heterocycles. The first-order chi connectivity index (χ1) is 15.8. The van der Waals surface area contributed by atoms with Gasteiger partial charge in [0.05, 0.1) is 10.8 Å². The topological polar surface area (TPSA) is 105 Å². The number of halogens is 1. The van der Waals surface area contributed by atoms with Gasteiger partial charge >= 0.3 is 0 Å². The number of Topliss-reactive ketones (excluding diaryl/α,β-unsaturated/α-hetero) is 1. The number of non-ortho nitro benzene ring substituents is 1. The molecule has 9 heteroatoms. The number of benzene rings is 2. The van der Waals surface area contributed by atoms with Crippen molar-refractivity contribution >= 4 is 34.7 Å². The Kier molecular flexibility index (Phi) is 4.99. The fraction of sp³-hybridized carbons (Fsp3) is 0.208. The summed E-state index contributed by atoms with van der Waals surface area (Å²) in [6.45, 7) is 0.349. The smallest absolute Gasteiger partial charge is 0.269 e. The molecule has 166 valence electrons. The molecule has 0 unspecified atom stereocenters. The van der Waals surface area contributed by atoms with Crippen LogP contribution in [0.4, 0.5) is 11.4 Å². The molecule has 1 saturated heterocycles. The number of anilines is 1. The second-order valence-corrected chi connectivity index (χ2v) is 8.76. The van der Waals surface area contributed by atoms with Crippen LogP contribution in [-0.2, 0) is 10.3 Å². The highest BCUT2D eigenvalue weighted by Crippen LogP contribution is 2.56. The summed E-state index contributed by atoms with van der Waals surface area (Å²) in [7, 11) is 1.79. The third-order valence-electron chi connectivity index (χ3n) is 6.67. The molecule has 3 heterocycles. The molecule has 1 N–H and O–H groups in total. The Morgan fingerprint density at radius 1 is 1.21 bits per heavy atom. The molecule has 1 spiro atoms. The van der Waals surface area contributed by atoms with E-state index in [0.29, 0.717) is 33.9 Å². The van der Waals surface area contributed by atoms with Crippen LogP contribution in [0, 0.1) is 16.0 Å². The van der Waals surface area contributed by atoms with E-state index in [1.54, 1.807) is 49.5 Å². The fourth-order valence-corrected chi connectivity index (χ4v) is 5.45. The van der Waals surface area contributed by atoms with E-state index < -0.39 is 22.3 Å². The highest BCUT2D eigenvalue weighted by molar-refractivity contribution is 6.31. The summed E-state index contributed by atoms with van der Waals surface area (Å²) >= 11 is 6.31. The summed E-state index contributed by atoms with van der Waals surface area (Å²) in [4.78, 5) is 44.4.